The minimum absolute atomic E-state index is 0.184. The van der Waals surface area contributed by atoms with E-state index in [1.165, 1.54) is 44.9 Å². The fraction of sp³-hybridized carbons (Fsp3) is 0.622. The third kappa shape index (κ3) is 4.77. The van der Waals surface area contributed by atoms with Gasteiger partial charge in [0.2, 0.25) is 0 Å². The van der Waals surface area contributed by atoms with Crippen molar-refractivity contribution in [1.82, 2.24) is 0 Å². The lowest BCUT2D eigenvalue weighted by molar-refractivity contribution is 0.0667. The number of fused-ring (bicyclic) bond motifs is 3. The Morgan fingerprint density at radius 3 is 1.78 bits per heavy atom. The maximum absolute atomic E-state index is 4.23. The van der Waals surface area contributed by atoms with E-state index >= 15 is 0 Å². The number of hydrogen-bond acceptors (Lipinski definition) is 0. The van der Waals surface area contributed by atoms with Crippen molar-refractivity contribution >= 4 is 0 Å². The van der Waals surface area contributed by atoms with E-state index in [0.29, 0.717) is 29.6 Å². The summed E-state index contributed by atoms with van der Waals surface area (Å²) in [5.41, 5.74) is 5.35. The summed E-state index contributed by atoms with van der Waals surface area (Å²) in [6.07, 6.45) is 36.0. The normalized spacial score (nSPS) is 33.4. The van der Waals surface area contributed by atoms with E-state index in [9.17, 15) is 0 Å². The Bertz CT molecular complexity index is 996. The van der Waals surface area contributed by atoms with Crippen molar-refractivity contribution in [3.05, 3.63) is 84.1 Å². The molecule has 5 atom stereocenters. The summed E-state index contributed by atoms with van der Waals surface area (Å²) in [6, 6.07) is 0. The third-order valence-electron chi connectivity index (χ3n) is 10.6. The molecule has 0 amide bonds. The molecule has 2 fully saturated rings. The summed E-state index contributed by atoms with van der Waals surface area (Å²) < 4.78 is 0. The van der Waals surface area contributed by atoms with Crippen LogP contribution in [0.4, 0.5) is 0 Å². The molecule has 200 valence electrons. The van der Waals surface area contributed by atoms with Crippen molar-refractivity contribution in [3.8, 4) is 0 Å². The second-order valence-corrected chi connectivity index (χ2v) is 14.8. The monoisotopic (exact) mass is 496 g/mol. The molecule has 0 nitrogen and oxygen atoms in total. The van der Waals surface area contributed by atoms with Crippen molar-refractivity contribution in [1.29, 1.82) is 0 Å². The minimum atomic E-state index is 0.184. The minimum Gasteiger partial charge on any atom is -0.103 e. The van der Waals surface area contributed by atoms with Gasteiger partial charge in [-0.1, -0.05) is 115 Å². The Balaban J connectivity index is 1.74. The molecule has 2 saturated carbocycles. The predicted octanol–water partition coefficient (Wildman–Crippen LogP) is 10.6. The third-order valence-corrected chi connectivity index (χ3v) is 10.6. The van der Waals surface area contributed by atoms with Crippen molar-refractivity contribution in [3.63, 3.8) is 0 Å². The van der Waals surface area contributed by atoms with Gasteiger partial charge in [-0.25, -0.2) is 0 Å². The van der Waals surface area contributed by atoms with Gasteiger partial charge in [0.15, 0.2) is 0 Å². The highest BCUT2D eigenvalue weighted by molar-refractivity contribution is 5.43. The van der Waals surface area contributed by atoms with E-state index in [2.05, 4.69) is 109 Å². The Labute approximate surface area is 228 Å². The summed E-state index contributed by atoms with van der Waals surface area (Å²) in [4.78, 5) is 0. The van der Waals surface area contributed by atoms with Gasteiger partial charge in [-0.2, -0.15) is 0 Å². The number of rotatable bonds is 6. The first-order valence-electron chi connectivity index (χ1n) is 15.4. The van der Waals surface area contributed by atoms with Crippen LogP contribution in [0.2, 0.25) is 0 Å². The smallest absolute Gasteiger partial charge is 0.00208 e. The molecule has 0 N–H and O–H groups in total. The quantitative estimate of drug-likeness (QED) is 0.321. The van der Waals surface area contributed by atoms with E-state index in [0.717, 1.165) is 12.3 Å². The average molecular weight is 497 g/mol. The van der Waals surface area contributed by atoms with Gasteiger partial charge in [0.25, 0.3) is 0 Å². The molecule has 5 aliphatic carbocycles. The molecule has 5 rings (SSSR count). The van der Waals surface area contributed by atoms with Gasteiger partial charge in [0.1, 0.15) is 0 Å². The summed E-state index contributed by atoms with van der Waals surface area (Å²) in [7, 11) is 0. The summed E-state index contributed by atoms with van der Waals surface area (Å²) in [6.45, 7) is 18.6. The number of hydrogen-bond donors (Lipinski definition) is 0. The van der Waals surface area contributed by atoms with Gasteiger partial charge in [0.05, 0.1) is 0 Å². The molecule has 0 heteroatoms. The van der Waals surface area contributed by atoms with Crippen molar-refractivity contribution in [2.75, 3.05) is 0 Å². The van der Waals surface area contributed by atoms with Crippen molar-refractivity contribution < 1.29 is 0 Å². The second kappa shape index (κ2) is 10.1. The molecule has 0 saturated heterocycles. The predicted molar refractivity (Wildman–Crippen MR) is 161 cm³/mol. The van der Waals surface area contributed by atoms with Gasteiger partial charge in [-0.05, 0) is 102 Å². The zero-order valence-corrected chi connectivity index (χ0v) is 24.6. The van der Waals surface area contributed by atoms with Crippen LogP contribution in [0.1, 0.15) is 92.9 Å². The van der Waals surface area contributed by atoms with Gasteiger partial charge in [-0.3, -0.25) is 0 Å². The van der Waals surface area contributed by atoms with Crippen molar-refractivity contribution in [2.24, 2.45) is 51.8 Å². The first-order chi connectivity index (χ1) is 17.6. The van der Waals surface area contributed by atoms with Crippen LogP contribution in [0.3, 0.4) is 0 Å². The SMILES string of the molecule is C=CCCC(C1=CCCC=C1)(C1CCCC1)C1C2C=C(C(C)(C)C)C=CC2C2C=CC(C(C)(C)C)=CC21. The Morgan fingerprint density at radius 2 is 1.32 bits per heavy atom. The standard InChI is InChI=1S/C37H52/c1-8-9-23-37(27-17-13-14-18-27,26-15-11-10-12-16-26)34-32-24-28(35(2,3)4)19-21-30(32)31-22-20-29(25-33(31)34)36(5,6)7/h8,11,15-16,19-22,24-25,27,30-34H,1,9-10,12-14,17-18,23H2,2-7H3. The molecule has 0 radical (unpaired) electrons. The van der Waals surface area contributed by atoms with Crippen LogP contribution in [-0.2, 0) is 0 Å². The van der Waals surface area contributed by atoms with Crippen LogP contribution < -0.4 is 0 Å². The van der Waals surface area contributed by atoms with Crippen molar-refractivity contribution in [2.45, 2.75) is 92.9 Å². The number of allylic oxidation sites excluding steroid dienone is 13. The summed E-state index contributed by atoms with van der Waals surface area (Å²) >= 11 is 0. The lowest BCUT2D eigenvalue weighted by atomic mass is 9.53. The van der Waals surface area contributed by atoms with E-state index in [4.69, 9.17) is 0 Å². The maximum Gasteiger partial charge on any atom is 0.00208 e. The lowest BCUT2D eigenvalue weighted by Crippen LogP contribution is -2.44. The fourth-order valence-corrected chi connectivity index (χ4v) is 8.79. The van der Waals surface area contributed by atoms with Crippen LogP contribution >= 0.6 is 0 Å². The fourth-order valence-electron chi connectivity index (χ4n) is 8.79. The summed E-state index contributed by atoms with van der Waals surface area (Å²) in [5, 5.41) is 0. The highest BCUT2D eigenvalue weighted by Crippen LogP contribution is 2.66. The molecule has 0 aromatic heterocycles. The van der Waals surface area contributed by atoms with Crippen LogP contribution in [-0.4, -0.2) is 0 Å². The van der Waals surface area contributed by atoms with E-state index in [1.54, 1.807) is 16.7 Å². The van der Waals surface area contributed by atoms with Gasteiger partial charge in [0, 0.05) is 5.41 Å². The lowest BCUT2D eigenvalue weighted by Gasteiger charge is -2.51. The Kier molecular flexibility index (Phi) is 7.27. The largest absolute Gasteiger partial charge is 0.103 e. The molecule has 0 aliphatic heterocycles. The Hall–Kier alpha value is -1.82. The van der Waals surface area contributed by atoms with Crippen LogP contribution in [0.15, 0.2) is 84.1 Å². The van der Waals surface area contributed by atoms with E-state index in [1.807, 2.05) is 0 Å². The van der Waals surface area contributed by atoms with Crippen LogP contribution in [0.25, 0.3) is 0 Å². The molecule has 5 aliphatic rings. The van der Waals surface area contributed by atoms with Crippen LogP contribution in [0.5, 0.6) is 0 Å². The van der Waals surface area contributed by atoms with E-state index in [-0.39, 0.29) is 16.2 Å². The molecule has 0 aromatic rings. The molecular weight excluding hydrogens is 444 g/mol. The highest BCUT2D eigenvalue weighted by atomic mass is 14.6. The van der Waals surface area contributed by atoms with Gasteiger partial charge >= 0.3 is 0 Å². The summed E-state index contributed by atoms with van der Waals surface area (Å²) in [5.74, 6) is 3.80. The highest BCUT2D eigenvalue weighted by Gasteiger charge is 2.59. The van der Waals surface area contributed by atoms with E-state index < -0.39 is 0 Å². The molecule has 0 spiro atoms. The molecule has 37 heavy (non-hydrogen) atoms. The van der Waals surface area contributed by atoms with Crippen LogP contribution in [0, 0.1) is 51.8 Å². The molecule has 5 unspecified atom stereocenters. The molecule has 0 bridgehead atoms. The first-order valence-corrected chi connectivity index (χ1v) is 15.4. The maximum atomic E-state index is 4.23. The van der Waals surface area contributed by atoms with Gasteiger partial charge in [-0.15, -0.1) is 6.58 Å². The van der Waals surface area contributed by atoms with Gasteiger partial charge < -0.3 is 0 Å². The topological polar surface area (TPSA) is 0 Å². The molecular formula is C37H52. The zero-order valence-electron chi connectivity index (χ0n) is 24.6. The zero-order chi connectivity index (χ0) is 26.4. The first kappa shape index (κ1) is 26.8. The molecule has 0 heterocycles. The average Bonchev–Trinajstić information content (AvgIpc) is 3.51. The Morgan fingerprint density at radius 1 is 0.757 bits per heavy atom. The second-order valence-electron chi connectivity index (χ2n) is 14.8. The molecule has 0 aromatic carbocycles.